The molecule has 2 N–H and O–H groups in total. The van der Waals surface area contributed by atoms with Gasteiger partial charge in [0.1, 0.15) is 0 Å². The predicted octanol–water partition coefficient (Wildman–Crippen LogP) is -1.74. The van der Waals surface area contributed by atoms with Gasteiger partial charge in [0.25, 0.3) is 0 Å². The van der Waals surface area contributed by atoms with Gasteiger partial charge in [-0.15, -0.1) is 0 Å². The second kappa shape index (κ2) is 6.19. The van der Waals surface area contributed by atoms with Crippen molar-refractivity contribution in [2.24, 2.45) is 0 Å². The SMILES string of the molecule is COC(=O)C(O)CNC(=O)CN1CCCC1=O. The van der Waals surface area contributed by atoms with Crippen LogP contribution >= 0.6 is 0 Å². The maximum atomic E-state index is 11.4. The van der Waals surface area contributed by atoms with E-state index in [1.54, 1.807) is 0 Å². The summed E-state index contributed by atoms with van der Waals surface area (Å²) >= 11 is 0. The fourth-order valence-corrected chi connectivity index (χ4v) is 1.53. The first-order valence-electron chi connectivity index (χ1n) is 5.35. The van der Waals surface area contributed by atoms with Crippen LogP contribution in [0.4, 0.5) is 0 Å². The summed E-state index contributed by atoms with van der Waals surface area (Å²) in [5.41, 5.74) is 0. The highest BCUT2D eigenvalue weighted by Crippen LogP contribution is 2.08. The van der Waals surface area contributed by atoms with Crippen molar-refractivity contribution < 1.29 is 24.2 Å². The summed E-state index contributed by atoms with van der Waals surface area (Å²) in [7, 11) is 1.15. The quantitative estimate of drug-likeness (QED) is 0.560. The van der Waals surface area contributed by atoms with E-state index >= 15 is 0 Å². The molecular formula is C10H16N2O5. The van der Waals surface area contributed by atoms with Gasteiger partial charge in [0, 0.05) is 13.0 Å². The molecule has 0 bridgehead atoms. The minimum absolute atomic E-state index is 0.0350. The van der Waals surface area contributed by atoms with Crippen molar-refractivity contribution in [3.8, 4) is 0 Å². The second-order valence-corrected chi connectivity index (χ2v) is 3.76. The van der Waals surface area contributed by atoms with Crippen molar-refractivity contribution in [2.45, 2.75) is 18.9 Å². The van der Waals surface area contributed by atoms with E-state index in [9.17, 15) is 19.5 Å². The van der Waals surface area contributed by atoms with Crippen LogP contribution in [0.2, 0.25) is 0 Å². The second-order valence-electron chi connectivity index (χ2n) is 3.76. The normalized spacial score (nSPS) is 16.8. The summed E-state index contributed by atoms with van der Waals surface area (Å²) in [4.78, 5) is 34.9. The van der Waals surface area contributed by atoms with Gasteiger partial charge in [-0.3, -0.25) is 9.59 Å². The third-order valence-electron chi connectivity index (χ3n) is 2.47. The van der Waals surface area contributed by atoms with Crippen LogP contribution in [0.3, 0.4) is 0 Å². The molecule has 0 spiro atoms. The lowest BCUT2D eigenvalue weighted by atomic mass is 10.3. The van der Waals surface area contributed by atoms with Gasteiger partial charge in [-0.2, -0.15) is 0 Å². The third kappa shape index (κ3) is 4.03. The average Bonchev–Trinajstić information content (AvgIpc) is 2.71. The van der Waals surface area contributed by atoms with E-state index in [1.807, 2.05) is 0 Å². The number of nitrogens with zero attached hydrogens (tertiary/aromatic N) is 1. The Morgan fingerprint density at radius 1 is 1.59 bits per heavy atom. The number of nitrogens with one attached hydrogen (secondary N) is 1. The van der Waals surface area contributed by atoms with Crippen molar-refractivity contribution in [3.63, 3.8) is 0 Å². The predicted molar refractivity (Wildman–Crippen MR) is 56.8 cm³/mol. The van der Waals surface area contributed by atoms with Crippen molar-refractivity contribution in [2.75, 3.05) is 26.7 Å². The lowest BCUT2D eigenvalue weighted by Gasteiger charge is -2.15. The Morgan fingerprint density at radius 3 is 2.82 bits per heavy atom. The fraction of sp³-hybridized carbons (Fsp3) is 0.700. The smallest absolute Gasteiger partial charge is 0.336 e. The number of carbonyl (C=O) groups excluding carboxylic acids is 3. The Balaban J connectivity index is 2.25. The van der Waals surface area contributed by atoms with Gasteiger partial charge in [-0.25, -0.2) is 4.79 Å². The highest BCUT2D eigenvalue weighted by molar-refractivity contribution is 5.86. The van der Waals surface area contributed by atoms with Crippen LogP contribution in [0.15, 0.2) is 0 Å². The van der Waals surface area contributed by atoms with Gasteiger partial charge < -0.3 is 20.1 Å². The molecular weight excluding hydrogens is 228 g/mol. The molecule has 0 aromatic heterocycles. The molecule has 1 saturated heterocycles. The minimum Gasteiger partial charge on any atom is -0.467 e. The molecule has 0 aromatic carbocycles. The number of aliphatic hydroxyl groups excluding tert-OH is 1. The van der Waals surface area contributed by atoms with Gasteiger partial charge in [0.05, 0.1) is 20.2 Å². The van der Waals surface area contributed by atoms with Crippen molar-refractivity contribution in [1.82, 2.24) is 10.2 Å². The Morgan fingerprint density at radius 2 is 2.29 bits per heavy atom. The topological polar surface area (TPSA) is 95.9 Å². The number of hydrogen-bond acceptors (Lipinski definition) is 5. The first kappa shape index (κ1) is 13.4. The largest absolute Gasteiger partial charge is 0.467 e. The Bertz CT molecular complexity index is 318. The Kier molecular flexibility index (Phi) is 4.89. The fourth-order valence-electron chi connectivity index (χ4n) is 1.53. The van der Waals surface area contributed by atoms with Crippen LogP contribution in [-0.2, 0) is 19.1 Å². The van der Waals surface area contributed by atoms with Crippen LogP contribution in [0.1, 0.15) is 12.8 Å². The van der Waals surface area contributed by atoms with E-state index in [2.05, 4.69) is 10.1 Å². The summed E-state index contributed by atoms with van der Waals surface area (Å²) < 4.78 is 4.29. The Labute approximate surface area is 98.7 Å². The molecule has 7 heteroatoms. The number of aliphatic hydroxyl groups is 1. The minimum atomic E-state index is -1.38. The molecule has 7 nitrogen and oxygen atoms in total. The first-order valence-corrected chi connectivity index (χ1v) is 5.35. The van der Waals surface area contributed by atoms with Gasteiger partial charge in [-0.1, -0.05) is 0 Å². The van der Waals surface area contributed by atoms with Crippen molar-refractivity contribution >= 4 is 17.8 Å². The number of esters is 1. The Hall–Kier alpha value is -1.63. The zero-order valence-corrected chi connectivity index (χ0v) is 9.64. The summed E-state index contributed by atoms with van der Waals surface area (Å²) in [5, 5.41) is 11.6. The highest BCUT2D eigenvalue weighted by Gasteiger charge is 2.23. The monoisotopic (exact) mass is 244 g/mol. The molecule has 0 saturated carbocycles. The maximum Gasteiger partial charge on any atom is 0.336 e. The van der Waals surface area contributed by atoms with Gasteiger partial charge in [0.15, 0.2) is 6.10 Å². The number of hydrogen-bond donors (Lipinski definition) is 2. The molecule has 1 heterocycles. The molecule has 1 aliphatic rings. The molecule has 1 atom stereocenters. The molecule has 17 heavy (non-hydrogen) atoms. The number of rotatable bonds is 5. The number of carbonyl (C=O) groups is 3. The molecule has 1 fully saturated rings. The standard InChI is InChI=1S/C10H16N2O5/c1-17-10(16)7(13)5-11-8(14)6-12-4-2-3-9(12)15/h7,13H,2-6H2,1H3,(H,11,14). The first-order chi connectivity index (χ1) is 8.04. The molecule has 0 aliphatic carbocycles. The van der Waals surface area contributed by atoms with Crippen LogP contribution < -0.4 is 5.32 Å². The number of ether oxygens (including phenoxy) is 1. The maximum absolute atomic E-state index is 11.4. The summed E-state index contributed by atoms with van der Waals surface area (Å²) in [5.74, 6) is -1.25. The van der Waals surface area contributed by atoms with E-state index in [0.717, 1.165) is 13.5 Å². The molecule has 0 radical (unpaired) electrons. The number of methoxy groups -OCH3 is 1. The average molecular weight is 244 g/mol. The van der Waals surface area contributed by atoms with Gasteiger partial charge in [-0.05, 0) is 6.42 Å². The van der Waals surface area contributed by atoms with E-state index in [4.69, 9.17) is 0 Å². The van der Waals surface area contributed by atoms with E-state index in [-0.39, 0.29) is 19.0 Å². The molecule has 0 aromatic rings. The summed E-state index contributed by atoms with van der Waals surface area (Å²) in [6.07, 6.45) is -0.146. The molecule has 2 amide bonds. The highest BCUT2D eigenvalue weighted by atomic mass is 16.5. The van der Waals surface area contributed by atoms with E-state index in [0.29, 0.717) is 13.0 Å². The van der Waals surface area contributed by atoms with Gasteiger partial charge in [0.2, 0.25) is 11.8 Å². The number of amides is 2. The van der Waals surface area contributed by atoms with Crippen molar-refractivity contribution in [1.29, 1.82) is 0 Å². The lowest BCUT2D eigenvalue weighted by Crippen LogP contribution is -2.42. The molecule has 1 rings (SSSR count). The van der Waals surface area contributed by atoms with Crippen LogP contribution in [-0.4, -0.2) is 60.6 Å². The van der Waals surface area contributed by atoms with Gasteiger partial charge >= 0.3 is 5.97 Å². The van der Waals surface area contributed by atoms with Crippen LogP contribution in [0.5, 0.6) is 0 Å². The van der Waals surface area contributed by atoms with Crippen LogP contribution in [0, 0.1) is 0 Å². The summed E-state index contributed by atoms with van der Waals surface area (Å²) in [6.45, 7) is 0.325. The number of likely N-dealkylation sites (tertiary alicyclic amines) is 1. The van der Waals surface area contributed by atoms with Crippen LogP contribution in [0.25, 0.3) is 0 Å². The zero-order chi connectivity index (χ0) is 12.8. The third-order valence-corrected chi connectivity index (χ3v) is 2.47. The zero-order valence-electron chi connectivity index (χ0n) is 9.64. The molecule has 1 unspecified atom stereocenters. The lowest BCUT2D eigenvalue weighted by molar-refractivity contribution is -0.150. The molecule has 96 valence electrons. The molecule has 1 aliphatic heterocycles. The summed E-state index contributed by atoms with van der Waals surface area (Å²) in [6, 6.07) is 0. The van der Waals surface area contributed by atoms with Crippen molar-refractivity contribution in [3.05, 3.63) is 0 Å². The van der Waals surface area contributed by atoms with E-state index in [1.165, 1.54) is 4.90 Å². The van der Waals surface area contributed by atoms with E-state index < -0.39 is 18.0 Å².